The van der Waals surface area contributed by atoms with Crippen LogP contribution in [0.5, 0.6) is 5.75 Å². The van der Waals surface area contributed by atoms with E-state index in [0.29, 0.717) is 6.61 Å². The van der Waals surface area contributed by atoms with Crippen LogP contribution in [0.25, 0.3) is 0 Å². The number of rotatable bonds is 5. The Morgan fingerprint density at radius 1 is 1.22 bits per heavy atom. The Morgan fingerprint density at radius 2 is 2.11 bits per heavy atom. The molecule has 0 saturated heterocycles. The zero-order chi connectivity index (χ0) is 12.8. The van der Waals surface area contributed by atoms with E-state index in [-0.39, 0.29) is 6.04 Å². The second-order valence-electron chi connectivity index (χ2n) is 3.90. The lowest BCUT2D eigenvalue weighted by atomic mass is 10.0. The van der Waals surface area contributed by atoms with Gasteiger partial charge >= 0.3 is 0 Å². The summed E-state index contributed by atoms with van der Waals surface area (Å²) in [6.07, 6.45) is 3.47. The fourth-order valence-electron chi connectivity index (χ4n) is 1.95. The van der Waals surface area contributed by atoms with E-state index in [1.807, 2.05) is 38.2 Å². The van der Waals surface area contributed by atoms with Crippen molar-refractivity contribution in [1.29, 1.82) is 0 Å². The van der Waals surface area contributed by atoms with Gasteiger partial charge in [-0.25, -0.2) is 0 Å². The third-order valence-electron chi connectivity index (χ3n) is 2.73. The van der Waals surface area contributed by atoms with Crippen LogP contribution in [-0.2, 0) is 0 Å². The lowest BCUT2D eigenvalue weighted by molar-refractivity contribution is 0.339. The fourth-order valence-corrected chi connectivity index (χ4v) is 1.95. The van der Waals surface area contributed by atoms with Gasteiger partial charge in [-0.05, 0) is 43.3 Å². The summed E-state index contributed by atoms with van der Waals surface area (Å²) in [5.41, 5.74) is 2.23. The second kappa shape index (κ2) is 6.12. The summed E-state index contributed by atoms with van der Waals surface area (Å²) in [5.74, 6) is 0.886. The van der Waals surface area contributed by atoms with Gasteiger partial charge in [-0.3, -0.25) is 0 Å². The normalized spacial score (nSPS) is 12.1. The van der Waals surface area contributed by atoms with E-state index in [1.54, 1.807) is 12.4 Å². The molecular formula is C14H17N3O. The van der Waals surface area contributed by atoms with Crippen molar-refractivity contribution in [2.75, 3.05) is 13.7 Å². The summed E-state index contributed by atoms with van der Waals surface area (Å²) >= 11 is 0. The number of hydrogen-bond acceptors (Lipinski definition) is 4. The van der Waals surface area contributed by atoms with Crippen LogP contribution in [0.4, 0.5) is 0 Å². The number of hydrogen-bond donors (Lipinski definition) is 1. The van der Waals surface area contributed by atoms with Crippen LogP contribution >= 0.6 is 0 Å². The van der Waals surface area contributed by atoms with E-state index in [0.717, 1.165) is 16.9 Å². The Balaban J connectivity index is 2.30. The quantitative estimate of drug-likeness (QED) is 0.874. The fraction of sp³-hybridized carbons (Fsp3) is 0.286. The van der Waals surface area contributed by atoms with E-state index in [9.17, 15) is 0 Å². The number of aromatic nitrogens is 2. The summed E-state index contributed by atoms with van der Waals surface area (Å²) in [6, 6.07) is 10.1. The van der Waals surface area contributed by atoms with Gasteiger partial charge in [0.05, 0.1) is 18.8 Å². The Bertz CT molecular complexity index is 487. The van der Waals surface area contributed by atoms with Crippen LogP contribution in [-0.4, -0.2) is 23.9 Å². The van der Waals surface area contributed by atoms with Crippen LogP contribution in [0.2, 0.25) is 0 Å². The van der Waals surface area contributed by atoms with Crippen molar-refractivity contribution in [3.63, 3.8) is 0 Å². The first kappa shape index (κ1) is 12.5. The van der Waals surface area contributed by atoms with Gasteiger partial charge in [0.25, 0.3) is 0 Å². The van der Waals surface area contributed by atoms with Crippen molar-refractivity contribution in [3.8, 4) is 5.75 Å². The number of nitrogens with one attached hydrogen (secondary N) is 1. The van der Waals surface area contributed by atoms with Crippen molar-refractivity contribution >= 4 is 0 Å². The first-order valence-electron chi connectivity index (χ1n) is 6.01. The van der Waals surface area contributed by atoms with E-state index in [2.05, 4.69) is 21.6 Å². The Morgan fingerprint density at radius 3 is 2.78 bits per heavy atom. The van der Waals surface area contributed by atoms with E-state index in [4.69, 9.17) is 4.74 Å². The topological polar surface area (TPSA) is 47.0 Å². The molecule has 18 heavy (non-hydrogen) atoms. The maximum absolute atomic E-state index is 5.52. The monoisotopic (exact) mass is 243 g/mol. The highest BCUT2D eigenvalue weighted by Crippen LogP contribution is 2.24. The standard InChI is InChI=1S/C14H17N3O/c1-3-18-13-6-4-5-11(9-13)14(15-2)12-7-8-16-17-10-12/h4-10,14-15H,3H2,1-2H3. The van der Waals surface area contributed by atoms with Crippen LogP contribution in [0.3, 0.4) is 0 Å². The second-order valence-corrected chi connectivity index (χ2v) is 3.90. The first-order valence-corrected chi connectivity index (χ1v) is 6.01. The molecule has 0 saturated carbocycles. The summed E-state index contributed by atoms with van der Waals surface area (Å²) in [5, 5.41) is 11.0. The maximum atomic E-state index is 5.52. The van der Waals surface area contributed by atoms with Gasteiger partial charge in [0.15, 0.2) is 0 Å². The zero-order valence-corrected chi connectivity index (χ0v) is 10.6. The molecule has 1 aromatic heterocycles. The van der Waals surface area contributed by atoms with Crippen LogP contribution in [0, 0.1) is 0 Å². The van der Waals surface area contributed by atoms with Gasteiger partial charge in [-0.2, -0.15) is 10.2 Å². The van der Waals surface area contributed by atoms with Crippen molar-refractivity contribution in [3.05, 3.63) is 53.9 Å². The molecule has 4 heteroatoms. The molecule has 1 heterocycles. The molecule has 1 aromatic carbocycles. The van der Waals surface area contributed by atoms with Gasteiger partial charge in [0.2, 0.25) is 0 Å². The minimum Gasteiger partial charge on any atom is -0.494 e. The van der Waals surface area contributed by atoms with Crippen LogP contribution in [0.1, 0.15) is 24.1 Å². The highest BCUT2D eigenvalue weighted by molar-refractivity contribution is 5.35. The van der Waals surface area contributed by atoms with Crippen LogP contribution in [0.15, 0.2) is 42.7 Å². The number of benzene rings is 1. The predicted molar refractivity (Wildman–Crippen MR) is 70.5 cm³/mol. The summed E-state index contributed by atoms with van der Waals surface area (Å²) in [7, 11) is 1.93. The van der Waals surface area contributed by atoms with Crippen LogP contribution < -0.4 is 10.1 Å². The van der Waals surface area contributed by atoms with Crippen molar-refractivity contribution in [1.82, 2.24) is 15.5 Å². The Kier molecular flexibility index (Phi) is 4.25. The molecule has 2 rings (SSSR count). The lowest BCUT2D eigenvalue weighted by Gasteiger charge is -2.17. The highest BCUT2D eigenvalue weighted by atomic mass is 16.5. The third-order valence-corrected chi connectivity index (χ3v) is 2.73. The van der Waals surface area contributed by atoms with E-state index in [1.165, 1.54) is 0 Å². The molecule has 0 bridgehead atoms. The Hall–Kier alpha value is -1.94. The molecule has 1 atom stereocenters. The average molecular weight is 243 g/mol. The third kappa shape index (κ3) is 2.84. The molecule has 0 aliphatic heterocycles. The SMILES string of the molecule is CCOc1cccc(C(NC)c2ccnnc2)c1. The van der Waals surface area contributed by atoms with Crippen molar-refractivity contribution < 1.29 is 4.74 Å². The smallest absolute Gasteiger partial charge is 0.119 e. The zero-order valence-electron chi connectivity index (χ0n) is 10.6. The maximum Gasteiger partial charge on any atom is 0.119 e. The van der Waals surface area contributed by atoms with Crippen molar-refractivity contribution in [2.24, 2.45) is 0 Å². The molecule has 0 radical (unpaired) electrons. The molecule has 1 unspecified atom stereocenters. The summed E-state index contributed by atoms with van der Waals surface area (Å²) in [6.45, 7) is 2.65. The Labute approximate surface area is 107 Å². The molecule has 0 aliphatic carbocycles. The molecule has 0 amide bonds. The van der Waals surface area contributed by atoms with Gasteiger partial charge in [-0.1, -0.05) is 12.1 Å². The highest BCUT2D eigenvalue weighted by Gasteiger charge is 2.12. The summed E-state index contributed by atoms with van der Waals surface area (Å²) < 4.78 is 5.52. The molecule has 1 N–H and O–H groups in total. The number of ether oxygens (including phenoxy) is 1. The van der Waals surface area contributed by atoms with Gasteiger partial charge in [0.1, 0.15) is 5.75 Å². The molecule has 0 fully saturated rings. The number of nitrogens with zero attached hydrogens (tertiary/aromatic N) is 2. The van der Waals surface area contributed by atoms with E-state index >= 15 is 0 Å². The molecule has 94 valence electrons. The van der Waals surface area contributed by atoms with E-state index < -0.39 is 0 Å². The minimum atomic E-state index is 0.0981. The predicted octanol–water partition coefficient (Wildman–Crippen LogP) is 2.18. The van der Waals surface area contributed by atoms with Gasteiger partial charge in [0, 0.05) is 6.20 Å². The molecule has 2 aromatic rings. The minimum absolute atomic E-state index is 0.0981. The molecular weight excluding hydrogens is 226 g/mol. The molecule has 0 spiro atoms. The lowest BCUT2D eigenvalue weighted by Crippen LogP contribution is -2.18. The largest absolute Gasteiger partial charge is 0.494 e. The molecule has 4 nitrogen and oxygen atoms in total. The summed E-state index contributed by atoms with van der Waals surface area (Å²) in [4.78, 5) is 0. The first-order chi connectivity index (χ1) is 8.85. The molecule has 0 aliphatic rings. The van der Waals surface area contributed by atoms with Gasteiger partial charge in [-0.15, -0.1) is 0 Å². The van der Waals surface area contributed by atoms with Crippen molar-refractivity contribution in [2.45, 2.75) is 13.0 Å². The average Bonchev–Trinajstić information content (AvgIpc) is 2.42. The van der Waals surface area contributed by atoms with Gasteiger partial charge < -0.3 is 10.1 Å².